The van der Waals surface area contributed by atoms with Crippen molar-refractivity contribution in [3.63, 3.8) is 0 Å². The highest BCUT2D eigenvalue weighted by Gasteiger charge is 2.28. The van der Waals surface area contributed by atoms with Gasteiger partial charge in [0.15, 0.2) is 9.84 Å². The van der Waals surface area contributed by atoms with Crippen molar-refractivity contribution in [1.82, 2.24) is 10.6 Å². The molecule has 2 N–H and O–H groups in total. The van der Waals surface area contributed by atoms with Gasteiger partial charge in [-0.1, -0.05) is 12.1 Å². The fourth-order valence-electron chi connectivity index (χ4n) is 2.56. The van der Waals surface area contributed by atoms with E-state index in [1.807, 2.05) is 24.3 Å². The van der Waals surface area contributed by atoms with E-state index in [-0.39, 0.29) is 23.5 Å². The van der Waals surface area contributed by atoms with Gasteiger partial charge in [0.25, 0.3) is 0 Å². The van der Waals surface area contributed by atoms with Crippen LogP contribution in [0.5, 0.6) is 5.75 Å². The molecule has 0 radical (unpaired) electrons. The molecule has 1 unspecified atom stereocenters. The van der Waals surface area contributed by atoms with Crippen molar-refractivity contribution >= 4 is 15.7 Å². The minimum atomic E-state index is -2.95. The Labute approximate surface area is 137 Å². The number of hydrogen-bond acceptors (Lipinski definition) is 5. The van der Waals surface area contributed by atoms with Crippen LogP contribution < -0.4 is 15.4 Å². The molecular weight excluding hydrogens is 316 g/mol. The molecule has 2 rings (SSSR count). The van der Waals surface area contributed by atoms with Gasteiger partial charge in [0.05, 0.1) is 18.6 Å². The summed E-state index contributed by atoms with van der Waals surface area (Å²) >= 11 is 0. The molecule has 1 fully saturated rings. The third-order valence-corrected chi connectivity index (χ3v) is 5.64. The normalized spacial score (nSPS) is 19.4. The van der Waals surface area contributed by atoms with E-state index in [1.54, 1.807) is 7.11 Å². The van der Waals surface area contributed by atoms with E-state index >= 15 is 0 Å². The van der Waals surface area contributed by atoms with Crippen LogP contribution in [0.15, 0.2) is 24.3 Å². The van der Waals surface area contributed by atoms with E-state index in [1.165, 1.54) is 5.56 Å². The van der Waals surface area contributed by atoms with Gasteiger partial charge >= 0.3 is 0 Å². The van der Waals surface area contributed by atoms with Crippen molar-refractivity contribution in [2.24, 2.45) is 0 Å². The maximum atomic E-state index is 11.8. The smallest absolute Gasteiger partial charge is 0.221 e. The van der Waals surface area contributed by atoms with E-state index < -0.39 is 9.84 Å². The van der Waals surface area contributed by atoms with Gasteiger partial charge in [-0.3, -0.25) is 4.79 Å². The highest BCUT2D eigenvalue weighted by Crippen LogP contribution is 2.12. The predicted molar refractivity (Wildman–Crippen MR) is 89.4 cm³/mol. The number of rotatable bonds is 8. The lowest BCUT2D eigenvalue weighted by Gasteiger charge is -2.11. The molecule has 1 aromatic rings. The molecule has 0 aliphatic carbocycles. The highest BCUT2D eigenvalue weighted by molar-refractivity contribution is 7.91. The maximum Gasteiger partial charge on any atom is 0.221 e. The van der Waals surface area contributed by atoms with E-state index in [0.29, 0.717) is 19.4 Å². The number of sulfone groups is 1. The molecule has 1 aliphatic rings. The van der Waals surface area contributed by atoms with E-state index in [0.717, 1.165) is 18.7 Å². The van der Waals surface area contributed by atoms with Crippen LogP contribution in [0, 0.1) is 0 Å². The third kappa shape index (κ3) is 6.19. The Morgan fingerprint density at radius 3 is 2.61 bits per heavy atom. The topological polar surface area (TPSA) is 84.5 Å². The van der Waals surface area contributed by atoms with Crippen LogP contribution in [0.4, 0.5) is 0 Å². The molecule has 0 saturated carbocycles. The van der Waals surface area contributed by atoms with E-state index in [4.69, 9.17) is 4.74 Å². The third-order valence-electron chi connectivity index (χ3n) is 3.88. The lowest BCUT2D eigenvalue weighted by atomic mass is 10.1. The predicted octanol–water partition coefficient (Wildman–Crippen LogP) is 0.521. The van der Waals surface area contributed by atoms with Crippen molar-refractivity contribution < 1.29 is 17.9 Å². The number of ether oxygens (including phenoxy) is 1. The van der Waals surface area contributed by atoms with E-state index in [2.05, 4.69) is 10.6 Å². The number of methoxy groups -OCH3 is 1. The minimum absolute atomic E-state index is 0.0731. The second-order valence-electron chi connectivity index (χ2n) is 5.77. The maximum absolute atomic E-state index is 11.8. The molecule has 0 spiro atoms. The summed E-state index contributed by atoms with van der Waals surface area (Å²) < 4.78 is 27.8. The van der Waals surface area contributed by atoms with Crippen molar-refractivity contribution in [2.45, 2.75) is 25.3 Å². The van der Waals surface area contributed by atoms with Gasteiger partial charge in [-0.25, -0.2) is 8.42 Å². The first-order valence-electron chi connectivity index (χ1n) is 7.82. The average molecular weight is 340 g/mol. The first-order chi connectivity index (χ1) is 11.0. The number of amides is 1. The van der Waals surface area contributed by atoms with Gasteiger partial charge in [0.1, 0.15) is 5.75 Å². The van der Waals surface area contributed by atoms with Gasteiger partial charge in [0.2, 0.25) is 5.91 Å². The molecule has 1 aromatic carbocycles. The first-order valence-corrected chi connectivity index (χ1v) is 9.64. The Bertz CT molecular complexity index is 613. The Hall–Kier alpha value is -1.60. The molecule has 0 aromatic heterocycles. The number of hydrogen-bond donors (Lipinski definition) is 2. The summed E-state index contributed by atoms with van der Waals surface area (Å²) in [6.07, 6.45) is 1.77. The van der Waals surface area contributed by atoms with Crippen LogP contribution >= 0.6 is 0 Å². The summed E-state index contributed by atoms with van der Waals surface area (Å²) in [6, 6.07) is 7.69. The molecule has 1 atom stereocenters. The van der Waals surface area contributed by atoms with Crippen LogP contribution in [0.25, 0.3) is 0 Å². The number of carbonyl (C=O) groups excluding carboxylic acids is 1. The number of nitrogens with one attached hydrogen (secondary N) is 2. The Balaban J connectivity index is 1.57. The van der Waals surface area contributed by atoms with Gasteiger partial charge in [-0.2, -0.15) is 0 Å². The van der Waals surface area contributed by atoms with Crippen LogP contribution in [0.1, 0.15) is 18.4 Å². The summed E-state index contributed by atoms with van der Waals surface area (Å²) in [7, 11) is -1.30. The zero-order chi connectivity index (χ0) is 16.7. The molecule has 7 heteroatoms. The zero-order valence-corrected chi connectivity index (χ0v) is 14.2. The summed E-state index contributed by atoms with van der Waals surface area (Å²) in [5.74, 6) is 0.998. The van der Waals surface area contributed by atoms with Gasteiger partial charge in [-0.15, -0.1) is 0 Å². The summed E-state index contributed by atoms with van der Waals surface area (Å²) in [4.78, 5) is 11.8. The molecule has 1 aliphatic heterocycles. The lowest BCUT2D eigenvalue weighted by Crippen LogP contribution is -2.37. The summed E-state index contributed by atoms with van der Waals surface area (Å²) in [5.41, 5.74) is 1.21. The van der Waals surface area contributed by atoms with Gasteiger partial charge in [0, 0.05) is 19.0 Å². The zero-order valence-electron chi connectivity index (χ0n) is 13.4. The summed E-state index contributed by atoms with van der Waals surface area (Å²) in [5, 5.41) is 6.01. The van der Waals surface area contributed by atoms with Gasteiger partial charge in [-0.05, 0) is 37.1 Å². The largest absolute Gasteiger partial charge is 0.497 e. The quantitative estimate of drug-likeness (QED) is 0.674. The summed E-state index contributed by atoms with van der Waals surface area (Å²) in [6.45, 7) is 1.37. The molecule has 23 heavy (non-hydrogen) atoms. The Kier molecular flexibility index (Phi) is 6.41. The number of benzene rings is 1. The Morgan fingerprint density at radius 2 is 2.00 bits per heavy atom. The first kappa shape index (κ1) is 17.7. The molecule has 0 bridgehead atoms. The van der Waals surface area contributed by atoms with Crippen LogP contribution in [0.3, 0.4) is 0 Å². The molecular formula is C16H24N2O4S. The highest BCUT2D eigenvalue weighted by atomic mass is 32.2. The molecule has 128 valence electrons. The minimum Gasteiger partial charge on any atom is -0.497 e. The van der Waals surface area contributed by atoms with Crippen molar-refractivity contribution in [1.29, 1.82) is 0 Å². The number of carbonyl (C=O) groups is 1. The fraction of sp³-hybridized carbons (Fsp3) is 0.562. The second kappa shape index (κ2) is 8.31. The Morgan fingerprint density at radius 1 is 1.26 bits per heavy atom. The van der Waals surface area contributed by atoms with Gasteiger partial charge < -0.3 is 15.4 Å². The molecule has 1 amide bonds. The fourth-order valence-corrected chi connectivity index (χ4v) is 4.23. The molecule has 1 heterocycles. The molecule has 1 saturated heterocycles. The second-order valence-corrected chi connectivity index (χ2v) is 7.99. The SMILES string of the molecule is COc1ccc(CCNCCC(=O)NC2CCS(=O)(=O)C2)cc1. The van der Waals surface area contributed by atoms with Crippen molar-refractivity contribution in [3.8, 4) is 5.75 Å². The van der Waals surface area contributed by atoms with Crippen LogP contribution in [-0.4, -0.2) is 52.1 Å². The van der Waals surface area contributed by atoms with Crippen LogP contribution in [-0.2, 0) is 21.1 Å². The monoisotopic (exact) mass is 340 g/mol. The average Bonchev–Trinajstić information content (AvgIpc) is 2.86. The lowest BCUT2D eigenvalue weighted by molar-refractivity contribution is -0.121. The van der Waals surface area contributed by atoms with Crippen LogP contribution in [0.2, 0.25) is 0 Å². The standard InChI is InChI=1S/C16H24N2O4S/c1-22-15-4-2-13(3-5-15)6-9-17-10-7-16(19)18-14-8-11-23(20,21)12-14/h2-5,14,17H,6-12H2,1H3,(H,18,19). The van der Waals surface area contributed by atoms with E-state index in [9.17, 15) is 13.2 Å². The molecule has 6 nitrogen and oxygen atoms in total. The van der Waals surface area contributed by atoms with Crippen molar-refractivity contribution in [2.75, 3.05) is 31.7 Å². The van der Waals surface area contributed by atoms with Crippen molar-refractivity contribution in [3.05, 3.63) is 29.8 Å².